The number of hydrogen-bond donors (Lipinski definition) is 3. The number of hydrogen-bond acceptors (Lipinski definition) is 4. The molecular weight excluding hydrogens is 176 g/mol. The summed E-state index contributed by atoms with van der Waals surface area (Å²) < 4.78 is 0. The summed E-state index contributed by atoms with van der Waals surface area (Å²) in [5.41, 5.74) is 5.42. The van der Waals surface area contributed by atoms with Gasteiger partial charge in [-0.25, -0.2) is 0 Å². The first-order chi connectivity index (χ1) is 5.91. The molecule has 0 aromatic carbocycles. The Kier molecular flexibility index (Phi) is 5.01. The smallest absolute Gasteiger partial charge is 0.317 e. The van der Waals surface area contributed by atoms with Crippen LogP contribution in [-0.2, 0) is 9.59 Å². The van der Waals surface area contributed by atoms with Crippen molar-refractivity contribution in [2.75, 3.05) is 19.6 Å². The van der Waals surface area contributed by atoms with Gasteiger partial charge in [0.25, 0.3) is 0 Å². The highest BCUT2D eigenvalue weighted by Gasteiger charge is 2.14. The summed E-state index contributed by atoms with van der Waals surface area (Å²) in [4.78, 5) is 21.9. The van der Waals surface area contributed by atoms with E-state index in [0.29, 0.717) is 0 Å². The van der Waals surface area contributed by atoms with Gasteiger partial charge < -0.3 is 15.9 Å². The van der Waals surface area contributed by atoms with Gasteiger partial charge in [0.15, 0.2) is 0 Å². The van der Waals surface area contributed by atoms with Gasteiger partial charge in [-0.15, -0.1) is 0 Å². The molecule has 0 aliphatic heterocycles. The van der Waals surface area contributed by atoms with E-state index in [9.17, 15) is 9.59 Å². The van der Waals surface area contributed by atoms with Crippen LogP contribution in [0.5, 0.6) is 0 Å². The molecule has 0 saturated heterocycles. The van der Waals surface area contributed by atoms with Gasteiger partial charge in [-0.2, -0.15) is 0 Å². The molecule has 0 aliphatic carbocycles. The van der Waals surface area contributed by atoms with Crippen molar-refractivity contribution in [2.24, 2.45) is 5.73 Å². The molecule has 0 amide bonds. The summed E-state index contributed by atoms with van der Waals surface area (Å²) in [6, 6.07) is -0.237. The average Bonchev–Trinajstić information content (AvgIpc) is 1.80. The first-order valence-corrected chi connectivity index (χ1v) is 3.83. The molecule has 1 unspecified atom stereocenters. The van der Waals surface area contributed by atoms with Crippen molar-refractivity contribution in [3.63, 3.8) is 0 Å². The average molecular weight is 190 g/mol. The molecule has 6 heteroatoms. The van der Waals surface area contributed by atoms with E-state index in [-0.39, 0.29) is 25.7 Å². The molecule has 0 rings (SSSR count). The standard InChI is InChI=1S/C7H14N2O4/c1-5(8)2-9(3-6(10)11)4-7(12)13/h5H,2-4,8H2,1H3,(H,10,11)(H,12,13). The highest BCUT2D eigenvalue weighted by molar-refractivity contribution is 5.72. The second kappa shape index (κ2) is 5.50. The Morgan fingerprint density at radius 2 is 1.69 bits per heavy atom. The van der Waals surface area contributed by atoms with Crippen LogP contribution in [0, 0.1) is 0 Å². The SMILES string of the molecule is CC(N)CN(CC(=O)O)CC(=O)O. The lowest BCUT2D eigenvalue weighted by atomic mass is 10.3. The van der Waals surface area contributed by atoms with Crippen molar-refractivity contribution >= 4 is 11.9 Å². The van der Waals surface area contributed by atoms with Crippen LogP contribution in [-0.4, -0.2) is 52.7 Å². The fourth-order valence-corrected chi connectivity index (χ4v) is 0.975. The maximum Gasteiger partial charge on any atom is 0.317 e. The van der Waals surface area contributed by atoms with Gasteiger partial charge in [-0.3, -0.25) is 14.5 Å². The predicted molar refractivity (Wildman–Crippen MR) is 45.4 cm³/mol. The molecular formula is C7H14N2O4. The van der Waals surface area contributed by atoms with Gasteiger partial charge in [-0.05, 0) is 6.92 Å². The molecule has 0 fully saturated rings. The topological polar surface area (TPSA) is 104 Å². The quantitative estimate of drug-likeness (QED) is 0.486. The highest BCUT2D eigenvalue weighted by Crippen LogP contribution is 1.90. The van der Waals surface area contributed by atoms with Crippen molar-refractivity contribution < 1.29 is 19.8 Å². The molecule has 6 nitrogen and oxygen atoms in total. The molecule has 1 atom stereocenters. The lowest BCUT2D eigenvalue weighted by Crippen LogP contribution is -2.41. The molecule has 0 heterocycles. The fourth-order valence-electron chi connectivity index (χ4n) is 0.975. The zero-order chi connectivity index (χ0) is 10.4. The van der Waals surface area contributed by atoms with Gasteiger partial charge in [-0.1, -0.05) is 0 Å². The number of nitrogens with two attached hydrogens (primary N) is 1. The minimum absolute atomic E-state index is 0.237. The predicted octanol–water partition coefficient (Wildman–Crippen LogP) is -1.20. The van der Waals surface area contributed by atoms with Crippen molar-refractivity contribution in [2.45, 2.75) is 13.0 Å². The third-order valence-electron chi connectivity index (χ3n) is 1.26. The minimum Gasteiger partial charge on any atom is -0.480 e. The van der Waals surface area contributed by atoms with Gasteiger partial charge in [0.05, 0.1) is 13.1 Å². The van der Waals surface area contributed by atoms with Crippen LogP contribution < -0.4 is 5.73 Å². The van der Waals surface area contributed by atoms with E-state index in [1.165, 1.54) is 4.90 Å². The maximum absolute atomic E-state index is 10.3. The maximum atomic E-state index is 10.3. The van der Waals surface area contributed by atoms with Crippen LogP contribution in [0.25, 0.3) is 0 Å². The summed E-state index contributed by atoms with van der Waals surface area (Å²) in [5.74, 6) is -2.11. The van der Waals surface area contributed by atoms with E-state index < -0.39 is 11.9 Å². The van der Waals surface area contributed by atoms with E-state index in [1.807, 2.05) is 0 Å². The first-order valence-electron chi connectivity index (χ1n) is 3.83. The Hall–Kier alpha value is -1.14. The van der Waals surface area contributed by atoms with E-state index in [1.54, 1.807) is 6.92 Å². The molecule has 0 aromatic rings. The Balaban J connectivity index is 4.02. The Labute approximate surface area is 75.9 Å². The molecule has 0 saturated carbocycles. The monoisotopic (exact) mass is 190 g/mol. The largest absolute Gasteiger partial charge is 0.480 e. The van der Waals surface area contributed by atoms with E-state index in [0.717, 1.165) is 0 Å². The minimum atomic E-state index is -1.05. The van der Waals surface area contributed by atoms with Crippen LogP contribution >= 0.6 is 0 Å². The molecule has 0 radical (unpaired) electrons. The van der Waals surface area contributed by atoms with Crippen molar-refractivity contribution in [3.05, 3.63) is 0 Å². The summed E-state index contributed by atoms with van der Waals surface area (Å²) in [6.07, 6.45) is 0. The number of rotatable bonds is 6. The third-order valence-corrected chi connectivity index (χ3v) is 1.26. The van der Waals surface area contributed by atoms with Crippen LogP contribution in [0.1, 0.15) is 6.92 Å². The fraction of sp³-hybridized carbons (Fsp3) is 0.714. The Bertz CT molecular complexity index is 177. The molecule has 0 bridgehead atoms. The number of carbonyl (C=O) groups is 2. The molecule has 13 heavy (non-hydrogen) atoms. The number of nitrogens with zero attached hydrogens (tertiary/aromatic N) is 1. The van der Waals surface area contributed by atoms with Crippen LogP contribution in [0.4, 0.5) is 0 Å². The lowest BCUT2D eigenvalue weighted by Gasteiger charge is -2.19. The van der Waals surface area contributed by atoms with Gasteiger partial charge in [0, 0.05) is 12.6 Å². The lowest BCUT2D eigenvalue weighted by molar-refractivity contribution is -0.141. The normalized spacial score (nSPS) is 12.8. The summed E-state index contributed by atoms with van der Waals surface area (Å²) in [5, 5.41) is 16.9. The third kappa shape index (κ3) is 7.23. The second-order valence-electron chi connectivity index (χ2n) is 2.93. The van der Waals surface area contributed by atoms with E-state index in [4.69, 9.17) is 15.9 Å². The van der Waals surface area contributed by atoms with Crippen LogP contribution in [0.2, 0.25) is 0 Å². The number of aliphatic carboxylic acids is 2. The molecule has 0 aromatic heterocycles. The van der Waals surface area contributed by atoms with Crippen LogP contribution in [0.15, 0.2) is 0 Å². The van der Waals surface area contributed by atoms with E-state index in [2.05, 4.69) is 0 Å². The summed E-state index contributed by atoms with van der Waals surface area (Å²) >= 11 is 0. The van der Waals surface area contributed by atoms with Crippen LogP contribution in [0.3, 0.4) is 0 Å². The zero-order valence-electron chi connectivity index (χ0n) is 7.43. The number of carboxylic acid groups (broad SMARTS) is 2. The Morgan fingerprint density at radius 3 is 1.92 bits per heavy atom. The second-order valence-corrected chi connectivity index (χ2v) is 2.93. The van der Waals surface area contributed by atoms with Gasteiger partial charge >= 0.3 is 11.9 Å². The first kappa shape index (κ1) is 11.9. The van der Waals surface area contributed by atoms with E-state index >= 15 is 0 Å². The number of carboxylic acids is 2. The Morgan fingerprint density at radius 1 is 1.31 bits per heavy atom. The highest BCUT2D eigenvalue weighted by atomic mass is 16.4. The van der Waals surface area contributed by atoms with Crippen molar-refractivity contribution in [1.82, 2.24) is 4.90 Å². The van der Waals surface area contributed by atoms with Gasteiger partial charge in [0.1, 0.15) is 0 Å². The molecule has 0 aliphatic rings. The zero-order valence-corrected chi connectivity index (χ0v) is 7.43. The van der Waals surface area contributed by atoms with Crippen molar-refractivity contribution in [1.29, 1.82) is 0 Å². The van der Waals surface area contributed by atoms with Gasteiger partial charge in [0.2, 0.25) is 0 Å². The molecule has 76 valence electrons. The summed E-state index contributed by atoms with van der Waals surface area (Å²) in [7, 11) is 0. The van der Waals surface area contributed by atoms with Crippen molar-refractivity contribution in [3.8, 4) is 0 Å². The molecule has 0 spiro atoms. The summed E-state index contributed by atoms with van der Waals surface area (Å²) in [6.45, 7) is 1.36. The molecule has 4 N–H and O–H groups in total.